The Bertz CT molecular complexity index is 651. The summed E-state index contributed by atoms with van der Waals surface area (Å²) in [4.78, 5) is 3.79. The van der Waals surface area contributed by atoms with Gasteiger partial charge >= 0.3 is 0 Å². The van der Waals surface area contributed by atoms with E-state index in [4.69, 9.17) is 17.0 Å². The summed E-state index contributed by atoms with van der Waals surface area (Å²) in [7, 11) is 1.68. The molecule has 0 saturated heterocycles. The number of methoxy groups -OCH3 is 1. The van der Waals surface area contributed by atoms with Crippen molar-refractivity contribution >= 4 is 28.7 Å². The highest BCUT2D eigenvalue weighted by molar-refractivity contribution is 7.80. The smallest absolute Gasteiger partial charge is 0.169 e. The van der Waals surface area contributed by atoms with Crippen LogP contribution in [-0.4, -0.2) is 23.7 Å². The van der Waals surface area contributed by atoms with Crippen LogP contribution in [0.5, 0.6) is 5.75 Å². The van der Waals surface area contributed by atoms with Crippen molar-refractivity contribution in [1.29, 1.82) is 0 Å². The average molecular weight is 332 g/mol. The molecule has 0 spiro atoms. The summed E-state index contributed by atoms with van der Waals surface area (Å²) < 4.78 is 5.18. The van der Waals surface area contributed by atoms with E-state index in [0.717, 1.165) is 30.4 Å². The van der Waals surface area contributed by atoms with Gasteiger partial charge in [0.15, 0.2) is 5.11 Å². The van der Waals surface area contributed by atoms with E-state index in [2.05, 4.69) is 40.7 Å². The minimum Gasteiger partial charge on any atom is -0.497 e. The Labute approximate surface area is 140 Å². The van der Waals surface area contributed by atoms with Crippen LogP contribution in [0.4, 0.5) is 0 Å². The van der Waals surface area contributed by atoms with E-state index in [1.807, 2.05) is 23.5 Å². The number of hydrogen-bond acceptors (Lipinski definition) is 3. The molecule has 3 rings (SSSR count). The second-order valence-corrected chi connectivity index (χ2v) is 6.81. The molecule has 5 heteroatoms. The maximum atomic E-state index is 5.60. The van der Waals surface area contributed by atoms with Crippen molar-refractivity contribution in [3.05, 3.63) is 51.7 Å². The molecule has 22 heavy (non-hydrogen) atoms. The highest BCUT2D eigenvalue weighted by Crippen LogP contribution is 2.32. The lowest BCUT2D eigenvalue weighted by Gasteiger charge is -2.35. The van der Waals surface area contributed by atoms with Gasteiger partial charge in [-0.05, 0) is 60.3 Å². The van der Waals surface area contributed by atoms with Gasteiger partial charge in [-0.15, -0.1) is 11.3 Å². The number of benzene rings is 1. The van der Waals surface area contributed by atoms with E-state index < -0.39 is 0 Å². The van der Waals surface area contributed by atoms with Gasteiger partial charge in [-0.3, -0.25) is 0 Å². The van der Waals surface area contributed by atoms with E-state index in [9.17, 15) is 0 Å². The molecule has 2 heterocycles. The highest BCUT2D eigenvalue weighted by Gasteiger charge is 2.26. The molecule has 1 aliphatic rings. The normalized spacial score (nSPS) is 17.0. The molecule has 0 bridgehead atoms. The number of thiocarbonyl (C=S) groups is 1. The topological polar surface area (TPSA) is 24.5 Å². The SMILES string of the molecule is COc1ccc(CNC(=S)N2CCc3sccc3[C@H]2C)cc1. The molecule has 0 fully saturated rings. The van der Waals surface area contributed by atoms with Gasteiger partial charge in [0.1, 0.15) is 5.75 Å². The molecule has 3 nitrogen and oxygen atoms in total. The second kappa shape index (κ2) is 6.67. The van der Waals surface area contributed by atoms with Gasteiger partial charge < -0.3 is 15.0 Å². The summed E-state index contributed by atoms with van der Waals surface area (Å²) in [5.41, 5.74) is 2.62. The third kappa shape index (κ3) is 3.10. The van der Waals surface area contributed by atoms with Crippen LogP contribution in [0.3, 0.4) is 0 Å². The first-order valence-corrected chi connectivity index (χ1v) is 8.71. The van der Waals surface area contributed by atoms with E-state index in [1.54, 1.807) is 7.11 Å². The zero-order chi connectivity index (χ0) is 15.5. The third-order valence-electron chi connectivity index (χ3n) is 4.14. The second-order valence-electron chi connectivity index (χ2n) is 5.43. The fraction of sp³-hybridized carbons (Fsp3) is 0.353. The zero-order valence-electron chi connectivity index (χ0n) is 12.8. The molecule has 0 aliphatic carbocycles. The Morgan fingerprint density at radius 1 is 1.36 bits per heavy atom. The van der Waals surface area contributed by atoms with E-state index in [0.29, 0.717) is 6.04 Å². The van der Waals surface area contributed by atoms with Crippen LogP contribution < -0.4 is 10.1 Å². The van der Waals surface area contributed by atoms with E-state index in [1.165, 1.54) is 16.0 Å². The maximum absolute atomic E-state index is 5.60. The van der Waals surface area contributed by atoms with Crippen LogP contribution in [0.25, 0.3) is 0 Å². The number of ether oxygens (including phenoxy) is 1. The van der Waals surface area contributed by atoms with Crippen LogP contribution in [0.15, 0.2) is 35.7 Å². The number of nitrogens with zero attached hydrogens (tertiary/aromatic N) is 1. The van der Waals surface area contributed by atoms with Crippen molar-refractivity contribution in [3.8, 4) is 5.75 Å². The summed E-state index contributed by atoms with van der Waals surface area (Å²) in [6.45, 7) is 3.96. The number of rotatable bonds is 3. The van der Waals surface area contributed by atoms with Crippen LogP contribution >= 0.6 is 23.6 Å². The van der Waals surface area contributed by atoms with Crippen LogP contribution in [0.1, 0.15) is 29.0 Å². The standard InChI is InChI=1S/C17H20N2OS2/c1-12-15-8-10-22-16(15)7-9-19(12)17(21)18-11-13-3-5-14(20-2)6-4-13/h3-6,8,10,12H,7,9,11H2,1-2H3,(H,18,21)/t12-/m1/s1. The van der Waals surface area contributed by atoms with Gasteiger partial charge in [0.25, 0.3) is 0 Å². The van der Waals surface area contributed by atoms with Gasteiger partial charge in [-0.25, -0.2) is 0 Å². The molecule has 0 saturated carbocycles. The van der Waals surface area contributed by atoms with Crippen LogP contribution in [-0.2, 0) is 13.0 Å². The molecule has 1 N–H and O–H groups in total. The van der Waals surface area contributed by atoms with Crippen molar-refractivity contribution in [2.45, 2.75) is 25.9 Å². The minimum absolute atomic E-state index is 0.353. The van der Waals surface area contributed by atoms with Gasteiger partial charge in [-0.2, -0.15) is 0 Å². The summed E-state index contributed by atoms with van der Waals surface area (Å²) in [5.74, 6) is 0.876. The van der Waals surface area contributed by atoms with Gasteiger partial charge in [0, 0.05) is 18.0 Å². The Morgan fingerprint density at radius 2 is 2.14 bits per heavy atom. The average Bonchev–Trinajstić information content (AvgIpc) is 3.03. The Kier molecular flexibility index (Phi) is 4.64. The van der Waals surface area contributed by atoms with Crippen molar-refractivity contribution in [1.82, 2.24) is 10.2 Å². The van der Waals surface area contributed by atoms with Crippen molar-refractivity contribution in [2.75, 3.05) is 13.7 Å². The fourth-order valence-electron chi connectivity index (χ4n) is 2.81. The molecular weight excluding hydrogens is 312 g/mol. The quantitative estimate of drug-likeness (QED) is 0.865. The van der Waals surface area contributed by atoms with Crippen molar-refractivity contribution in [3.63, 3.8) is 0 Å². The lowest BCUT2D eigenvalue weighted by Crippen LogP contribution is -2.44. The molecule has 2 aromatic rings. The lowest BCUT2D eigenvalue weighted by molar-refractivity contribution is 0.317. The van der Waals surface area contributed by atoms with E-state index >= 15 is 0 Å². The summed E-state index contributed by atoms with van der Waals surface area (Å²) in [5, 5.41) is 6.39. The molecule has 0 unspecified atom stereocenters. The van der Waals surface area contributed by atoms with Crippen LogP contribution in [0, 0.1) is 0 Å². The maximum Gasteiger partial charge on any atom is 0.169 e. The first-order valence-electron chi connectivity index (χ1n) is 7.42. The van der Waals surface area contributed by atoms with Crippen molar-refractivity contribution in [2.24, 2.45) is 0 Å². The highest BCUT2D eigenvalue weighted by atomic mass is 32.1. The number of fused-ring (bicyclic) bond motifs is 1. The third-order valence-corrected chi connectivity index (χ3v) is 5.52. The fourth-order valence-corrected chi connectivity index (χ4v) is 4.09. The predicted octanol–water partition coefficient (Wildman–Crippen LogP) is 3.75. The van der Waals surface area contributed by atoms with Crippen molar-refractivity contribution < 1.29 is 4.74 Å². The minimum atomic E-state index is 0.353. The molecule has 0 amide bonds. The number of hydrogen-bond donors (Lipinski definition) is 1. The molecule has 1 aromatic heterocycles. The first kappa shape index (κ1) is 15.3. The Hall–Kier alpha value is -1.59. The summed E-state index contributed by atoms with van der Waals surface area (Å²) >= 11 is 7.45. The molecular formula is C17H20N2OS2. The monoisotopic (exact) mass is 332 g/mol. The Balaban J connectivity index is 1.60. The predicted molar refractivity (Wildman–Crippen MR) is 95.6 cm³/mol. The summed E-state index contributed by atoms with van der Waals surface area (Å²) in [6, 6.07) is 10.6. The zero-order valence-corrected chi connectivity index (χ0v) is 14.5. The number of thiophene rings is 1. The molecule has 1 aliphatic heterocycles. The van der Waals surface area contributed by atoms with E-state index in [-0.39, 0.29) is 0 Å². The van der Waals surface area contributed by atoms with Gasteiger partial charge in [0.2, 0.25) is 0 Å². The lowest BCUT2D eigenvalue weighted by atomic mass is 10.0. The molecule has 116 valence electrons. The molecule has 1 aromatic carbocycles. The first-order chi connectivity index (χ1) is 10.7. The number of nitrogens with one attached hydrogen (secondary N) is 1. The van der Waals surface area contributed by atoms with Gasteiger partial charge in [0.05, 0.1) is 13.2 Å². The van der Waals surface area contributed by atoms with Gasteiger partial charge in [-0.1, -0.05) is 12.1 Å². The Morgan fingerprint density at radius 3 is 2.86 bits per heavy atom. The largest absolute Gasteiger partial charge is 0.497 e. The van der Waals surface area contributed by atoms with Crippen LogP contribution in [0.2, 0.25) is 0 Å². The summed E-state index contributed by atoms with van der Waals surface area (Å²) in [6.07, 6.45) is 1.09. The molecule has 0 radical (unpaired) electrons. The molecule has 1 atom stereocenters.